The quantitative estimate of drug-likeness (QED) is 0.904. The fraction of sp³-hybridized carbons (Fsp3) is 0.600. The monoisotopic (exact) mass is 269 g/mol. The van der Waals surface area contributed by atoms with Crippen LogP contribution in [0, 0.1) is 17.6 Å². The summed E-state index contributed by atoms with van der Waals surface area (Å²) in [7, 11) is 0. The fourth-order valence-electron chi connectivity index (χ4n) is 2.55. The van der Waals surface area contributed by atoms with E-state index in [1.54, 1.807) is 0 Å². The molecule has 2 unspecified atom stereocenters. The van der Waals surface area contributed by atoms with Crippen LogP contribution in [0.15, 0.2) is 18.2 Å². The van der Waals surface area contributed by atoms with Crippen molar-refractivity contribution in [3.63, 3.8) is 0 Å². The van der Waals surface area contributed by atoms with Crippen LogP contribution in [-0.2, 0) is 4.74 Å². The standard InChI is InChI=1S/C15H21F2NO/c1-10(2)18-9-11-4-3-5-19-15(11)12-6-13(16)8-14(17)7-12/h6-8,10-11,15,18H,3-5,9H2,1-2H3. The summed E-state index contributed by atoms with van der Waals surface area (Å²) < 4.78 is 32.4. The Bertz CT molecular complexity index is 402. The second-order valence-corrected chi connectivity index (χ2v) is 5.46. The Morgan fingerprint density at radius 3 is 2.58 bits per heavy atom. The predicted molar refractivity (Wildman–Crippen MR) is 70.9 cm³/mol. The highest BCUT2D eigenvalue weighted by Gasteiger charge is 2.28. The molecule has 0 aliphatic carbocycles. The van der Waals surface area contributed by atoms with Crippen LogP contribution in [-0.4, -0.2) is 19.2 Å². The lowest BCUT2D eigenvalue weighted by Gasteiger charge is -2.33. The SMILES string of the molecule is CC(C)NCC1CCCOC1c1cc(F)cc(F)c1. The fourth-order valence-corrected chi connectivity index (χ4v) is 2.55. The molecule has 1 aromatic carbocycles. The predicted octanol–water partition coefficient (Wildman–Crippen LogP) is 3.43. The van der Waals surface area contributed by atoms with Crippen molar-refractivity contribution in [1.29, 1.82) is 0 Å². The van der Waals surface area contributed by atoms with Gasteiger partial charge < -0.3 is 10.1 Å². The van der Waals surface area contributed by atoms with Gasteiger partial charge in [-0.3, -0.25) is 0 Å². The number of hydrogen-bond acceptors (Lipinski definition) is 2. The minimum absolute atomic E-state index is 0.217. The van der Waals surface area contributed by atoms with E-state index in [9.17, 15) is 8.78 Å². The molecule has 1 aromatic rings. The van der Waals surface area contributed by atoms with Crippen molar-refractivity contribution in [2.75, 3.05) is 13.2 Å². The molecule has 4 heteroatoms. The van der Waals surface area contributed by atoms with Crippen molar-refractivity contribution < 1.29 is 13.5 Å². The average Bonchev–Trinajstić information content (AvgIpc) is 2.35. The molecule has 1 heterocycles. The average molecular weight is 269 g/mol. The van der Waals surface area contributed by atoms with Crippen molar-refractivity contribution in [2.24, 2.45) is 5.92 Å². The van der Waals surface area contributed by atoms with Gasteiger partial charge in [-0.2, -0.15) is 0 Å². The van der Waals surface area contributed by atoms with E-state index in [-0.39, 0.29) is 12.0 Å². The van der Waals surface area contributed by atoms with Crippen LogP contribution < -0.4 is 5.32 Å². The maximum absolute atomic E-state index is 13.3. The van der Waals surface area contributed by atoms with E-state index < -0.39 is 11.6 Å². The molecule has 0 radical (unpaired) electrons. The minimum Gasteiger partial charge on any atom is -0.373 e. The van der Waals surface area contributed by atoms with E-state index in [4.69, 9.17) is 4.74 Å². The summed E-state index contributed by atoms with van der Waals surface area (Å²) in [5.74, 6) is -0.822. The van der Waals surface area contributed by atoms with Gasteiger partial charge in [0, 0.05) is 31.2 Å². The van der Waals surface area contributed by atoms with Crippen LogP contribution in [0.4, 0.5) is 8.78 Å². The maximum Gasteiger partial charge on any atom is 0.126 e. The van der Waals surface area contributed by atoms with Gasteiger partial charge in [0.2, 0.25) is 0 Å². The van der Waals surface area contributed by atoms with Gasteiger partial charge >= 0.3 is 0 Å². The first-order valence-corrected chi connectivity index (χ1v) is 6.87. The minimum atomic E-state index is -0.542. The zero-order valence-electron chi connectivity index (χ0n) is 11.5. The number of benzene rings is 1. The van der Waals surface area contributed by atoms with Gasteiger partial charge in [-0.15, -0.1) is 0 Å². The molecule has 106 valence electrons. The van der Waals surface area contributed by atoms with Gasteiger partial charge in [-0.1, -0.05) is 13.8 Å². The lowest BCUT2D eigenvalue weighted by Crippen LogP contribution is -2.35. The van der Waals surface area contributed by atoms with Crippen molar-refractivity contribution in [3.05, 3.63) is 35.4 Å². The van der Waals surface area contributed by atoms with Crippen LogP contribution in [0.25, 0.3) is 0 Å². The number of nitrogens with one attached hydrogen (secondary N) is 1. The van der Waals surface area contributed by atoms with E-state index in [1.807, 2.05) is 0 Å². The Labute approximate surface area is 113 Å². The lowest BCUT2D eigenvalue weighted by molar-refractivity contribution is -0.0285. The first-order valence-electron chi connectivity index (χ1n) is 6.87. The third-order valence-electron chi connectivity index (χ3n) is 3.45. The molecule has 1 fully saturated rings. The van der Waals surface area contributed by atoms with Gasteiger partial charge in [0.1, 0.15) is 11.6 Å². The van der Waals surface area contributed by atoms with Crippen LogP contribution in [0.1, 0.15) is 38.4 Å². The normalized spacial score (nSPS) is 23.8. The highest BCUT2D eigenvalue weighted by Crippen LogP contribution is 2.33. The third-order valence-corrected chi connectivity index (χ3v) is 3.45. The molecular formula is C15H21F2NO. The Balaban J connectivity index is 2.13. The van der Waals surface area contributed by atoms with Crippen LogP contribution in [0.2, 0.25) is 0 Å². The molecular weight excluding hydrogens is 248 g/mol. The van der Waals surface area contributed by atoms with Crippen LogP contribution >= 0.6 is 0 Å². The molecule has 0 aromatic heterocycles. The molecule has 0 amide bonds. The molecule has 1 aliphatic heterocycles. The number of hydrogen-bond donors (Lipinski definition) is 1. The summed E-state index contributed by atoms with van der Waals surface area (Å²) in [5.41, 5.74) is 0.604. The van der Waals surface area contributed by atoms with E-state index >= 15 is 0 Å². The zero-order chi connectivity index (χ0) is 13.8. The second-order valence-electron chi connectivity index (χ2n) is 5.46. The Morgan fingerprint density at radius 2 is 1.95 bits per heavy atom. The molecule has 2 atom stereocenters. The summed E-state index contributed by atoms with van der Waals surface area (Å²) >= 11 is 0. The first-order chi connectivity index (χ1) is 9.06. The molecule has 1 N–H and O–H groups in total. The van der Waals surface area contributed by atoms with Gasteiger partial charge in [-0.05, 0) is 30.5 Å². The molecule has 0 saturated carbocycles. The molecule has 2 nitrogen and oxygen atoms in total. The highest BCUT2D eigenvalue weighted by atomic mass is 19.1. The molecule has 0 bridgehead atoms. The van der Waals surface area contributed by atoms with Crippen LogP contribution in [0.5, 0.6) is 0 Å². The summed E-state index contributed by atoms with van der Waals surface area (Å²) in [6.45, 7) is 5.63. The number of rotatable bonds is 4. The lowest BCUT2D eigenvalue weighted by atomic mass is 9.89. The topological polar surface area (TPSA) is 21.3 Å². The summed E-state index contributed by atoms with van der Waals surface area (Å²) in [5, 5.41) is 3.38. The smallest absolute Gasteiger partial charge is 0.126 e. The third kappa shape index (κ3) is 3.98. The van der Waals surface area contributed by atoms with Crippen molar-refractivity contribution in [1.82, 2.24) is 5.32 Å². The molecule has 1 saturated heterocycles. The van der Waals surface area contributed by atoms with Crippen molar-refractivity contribution in [2.45, 2.75) is 38.8 Å². The van der Waals surface area contributed by atoms with Crippen LogP contribution in [0.3, 0.4) is 0 Å². The van der Waals surface area contributed by atoms with Gasteiger partial charge in [0.05, 0.1) is 6.10 Å². The Hall–Kier alpha value is -1.00. The molecule has 2 rings (SSSR count). The van der Waals surface area contributed by atoms with Gasteiger partial charge in [0.15, 0.2) is 0 Å². The highest BCUT2D eigenvalue weighted by molar-refractivity contribution is 5.21. The van der Waals surface area contributed by atoms with E-state index in [2.05, 4.69) is 19.2 Å². The number of ether oxygens (including phenoxy) is 1. The van der Waals surface area contributed by atoms with Crippen molar-refractivity contribution >= 4 is 0 Å². The van der Waals surface area contributed by atoms with E-state index in [0.29, 0.717) is 18.2 Å². The van der Waals surface area contributed by atoms with Gasteiger partial charge in [-0.25, -0.2) is 8.78 Å². The van der Waals surface area contributed by atoms with E-state index in [0.717, 1.165) is 25.5 Å². The summed E-state index contributed by atoms with van der Waals surface area (Å²) in [6, 6.07) is 4.04. The first kappa shape index (κ1) is 14.4. The van der Waals surface area contributed by atoms with Gasteiger partial charge in [0.25, 0.3) is 0 Å². The molecule has 19 heavy (non-hydrogen) atoms. The second kappa shape index (κ2) is 6.44. The number of halogens is 2. The maximum atomic E-state index is 13.3. The van der Waals surface area contributed by atoms with Crippen molar-refractivity contribution in [3.8, 4) is 0 Å². The summed E-state index contributed by atoms with van der Waals surface area (Å²) in [6.07, 6.45) is 1.80. The van der Waals surface area contributed by atoms with E-state index in [1.165, 1.54) is 12.1 Å². The Kier molecular flexibility index (Phi) is 4.88. The summed E-state index contributed by atoms with van der Waals surface area (Å²) in [4.78, 5) is 0. The molecule has 1 aliphatic rings. The zero-order valence-corrected chi connectivity index (χ0v) is 11.5. The Morgan fingerprint density at radius 1 is 1.26 bits per heavy atom. The molecule has 0 spiro atoms. The largest absolute Gasteiger partial charge is 0.373 e.